The van der Waals surface area contributed by atoms with Gasteiger partial charge >= 0.3 is 0 Å². The third-order valence-electron chi connectivity index (χ3n) is 2.99. The Bertz CT molecular complexity index is 680. The van der Waals surface area contributed by atoms with Crippen LogP contribution in [-0.2, 0) is 15.9 Å². The van der Waals surface area contributed by atoms with E-state index in [0.29, 0.717) is 22.0 Å². The highest BCUT2D eigenvalue weighted by Gasteiger charge is 2.28. The lowest BCUT2D eigenvalue weighted by atomic mass is 10.3. The number of sulfonamides is 1. The minimum atomic E-state index is -3.57. The molecule has 1 aromatic heterocycles. The number of anilines is 1. The SMILES string of the molecule is CCN(c1ccccc1)S(=O)(=O)c1c(C)csc1CCl. The van der Waals surface area contributed by atoms with Gasteiger partial charge in [-0.15, -0.1) is 22.9 Å². The van der Waals surface area contributed by atoms with Crippen molar-refractivity contribution >= 4 is 38.6 Å². The van der Waals surface area contributed by atoms with Crippen LogP contribution in [0.2, 0.25) is 0 Å². The van der Waals surface area contributed by atoms with Gasteiger partial charge in [0.1, 0.15) is 4.90 Å². The summed E-state index contributed by atoms with van der Waals surface area (Å²) in [6.45, 7) is 4.01. The van der Waals surface area contributed by atoms with Crippen LogP contribution in [0.3, 0.4) is 0 Å². The highest BCUT2D eigenvalue weighted by atomic mass is 35.5. The van der Waals surface area contributed by atoms with E-state index in [2.05, 4.69) is 0 Å². The summed E-state index contributed by atoms with van der Waals surface area (Å²) in [5.74, 6) is 0.208. The van der Waals surface area contributed by atoms with Crippen molar-refractivity contribution in [3.63, 3.8) is 0 Å². The van der Waals surface area contributed by atoms with Gasteiger partial charge in [-0.05, 0) is 36.9 Å². The van der Waals surface area contributed by atoms with Crippen LogP contribution in [0, 0.1) is 6.92 Å². The molecule has 0 N–H and O–H groups in total. The Morgan fingerprint density at radius 2 is 1.90 bits per heavy atom. The van der Waals surface area contributed by atoms with Crippen molar-refractivity contribution in [1.82, 2.24) is 0 Å². The van der Waals surface area contributed by atoms with Gasteiger partial charge in [0.25, 0.3) is 10.0 Å². The maximum absolute atomic E-state index is 12.9. The van der Waals surface area contributed by atoms with Crippen molar-refractivity contribution in [3.05, 3.63) is 46.2 Å². The van der Waals surface area contributed by atoms with Crippen LogP contribution >= 0.6 is 22.9 Å². The Labute approximate surface area is 128 Å². The molecule has 1 aromatic carbocycles. The molecule has 0 amide bonds. The fourth-order valence-electron chi connectivity index (χ4n) is 2.12. The molecule has 0 aliphatic rings. The van der Waals surface area contributed by atoms with Gasteiger partial charge in [0.2, 0.25) is 0 Å². The summed E-state index contributed by atoms with van der Waals surface area (Å²) in [5.41, 5.74) is 1.42. The topological polar surface area (TPSA) is 37.4 Å². The lowest BCUT2D eigenvalue weighted by molar-refractivity contribution is 0.591. The standard InChI is InChI=1S/C14H16ClNO2S2/c1-3-16(12-7-5-4-6-8-12)20(17,18)14-11(2)10-19-13(14)9-15/h4-8,10H,3,9H2,1-2H3. The predicted octanol–water partition coefficient (Wildman–Crippen LogP) is 4.01. The Morgan fingerprint density at radius 1 is 1.25 bits per heavy atom. The van der Waals surface area contributed by atoms with Gasteiger partial charge in [-0.25, -0.2) is 8.42 Å². The number of nitrogens with zero attached hydrogens (tertiary/aromatic N) is 1. The fraction of sp³-hybridized carbons (Fsp3) is 0.286. The predicted molar refractivity (Wildman–Crippen MR) is 85.3 cm³/mol. The van der Waals surface area contributed by atoms with E-state index in [0.717, 1.165) is 5.56 Å². The zero-order valence-electron chi connectivity index (χ0n) is 11.3. The van der Waals surface area contributed by atoms with E-state index < -0.39 is 10.0 Å². The number of aryl methyl sites for hydroxylation is 1. The number of hydrogen-bond donors (Lipinski definition) is 0. The van der Waals surface area contributed by atoms with E-state index in [9.17, 15) is 8.42 Å². The van der Waals surface area contributed by atoms with Crippen LogP contribution in [0.4, 0.5) is 5.69 Å². The smallest absolute Gasteiger partial charge is 0.265 e. The van der Waals surface area contributed by atoms with Gasteiger partial charge < -0.3 is 0 Å². The van der Waals surface area contributed by atoms with Gasteiger partial charge in [0.05, 0.1) is 11.6 Å². The van der Waals surface area contributed by atoms with E-state index in [1.165, 1.54) is 15.6 Å². The van der Waals surface area contributed by atoms with Gasteiger partial charge in [-0.1, -0.05) is 18.2 Å². The Balaban J connectivity index is 2.56. The number of para-hydroxylation sites is 1. The molecule has 0 aliphatic carbocycles. The number of benzene rings is 1. The first-order valence-corrected chi connectivity index (χ1v) is 9.08. The van der Waals surface area contributed by atoms with Gasteiger partial charge in [0, 0.05) is 11.4 Å². The summed E-state index contributed by atoms with van der Waals surface area (Å²) in [6.07, 6.45) is 0. The Morgan fingerprint density at radius 3 is 2.45 bits per heavy atom. The highest BCUT2D eigenvalue weighted by Crippen LogP contribution is 2.32. The third-order valence-corrected chi connectivity index (χ3v) is 6.78. The molecule has 6 heteroatoms. The largest absolute Gasteiger partial charge is 0.267 e. The van der Waals surface area contributed by atoms with E-state index in [1.54, 1.807) is 19.1 Å². The summed E-state index contributed by atoms with van der Waals surface area (Å²) >= 11 is 7.26. The number of thiophene rings is 1. The summed E-state index contributed by atoms with van der Waals surface area (Å²) < 4.78 is 27.2. The van der Waals surface area contributed by atoms with Crippen molar-refractivity contribution in [2.24, 2.45) is 0 Å². The zero-order chi connectivity index (χ0) is 14.8. The van der Waals surface area contributed by atoms with Crippen LogP contribution in [0.25, 0.3) is 0 Å². The molecule has 3 nitrogen and oxygen atoms in total. The van der Waals surface area contributed by atoms with Gasteiger partial charge in [0.15, 0.2) is 0 Å². The Hall–Kier alpha value is -1.04. The maximum Gasteiger partial charge on any atom is 0.265 e. The number of rotatable bonds is 5. The number of alkyl halides is 1. The lowest BCUT2D eigenvalue weighted by Crippen LogP contribution is -2.31. The van der Waals surface area contributed by atoms with E-state index in [1.807, 2.05) is 30.5 Å². The maximum atomic E-state index is 12.9. The second kappa shape index (κ2) is 6.16. The molecule has 0 aliphatic heterocycles. The fourth-order valence-corrected chi connectivity index (χ4v) is 5.61. The van der Waals surface area contributed by atoms with E-state index in [-0.39, 0.29) is 5.88 Å². The van der Waals surface area contributed by atoms with Crippen molar-refractivity contribution in [1.29, 1.82) is 0 Å². The van der Waals surface area contributed by atoms with Crippen LogP contribution in [0.15, 0.2) is 40.6 Å². The molecular weight excluding hydrogens is 314 g/mol. The minimum Gasteiger partial charge on any atom is -0.267 e. The first-order chi connectivity index (χ1) is 9.52. The highest BCUT2D eigenvalue weighted by molar-refractivity contribution is 7.93. The third kappa shape index (κ3) is 2.71. The molecule has 0 spiro atoms. The van der Waals surface area contributed by atoms with Crippen LogP contribution in [0.1, 0.15) is 17.4 Å². The molecule has 0 unspecified atom stereocenters. The average molecular weight is 330 g/mol. The second-order valence-corrected chi connectivity index (χ2v) is 7.34. The average Bonchev–Trinajstić information content (AvgIpc) is 2.82. The van der Waals surface area contributed by atoms with Crippen LogP contribution in [0.5, 0.6) is 0 Å². The molecule has 2 aromatic rings. The molecule has 0 fully saturated rings. The van der Waals surface area contributed by atoms with Crippen molar-refractivity contribution < 1.29 is 8.42 Å². The molecule has 0 atom stereocenters. The molecule has 1 heterocycles. The summed E-state index contributed by atoms with van der Waals surface area (Å²) in [7, 11) is -3.57. The molecule has 0 saturated heterocycles. The zero-order valence-corrected chi connectivity index (χ0v) is 13.7. The summed E-state index contributed by atoms with van der Waals surface area (Å²) in [5, 5.41) is 1.84. The molecule has 20 heavy (non-hydrogen) atoms. The molecule has 108 valence electrons. The van der Waals surface area contributed by atoms with Crippen LogP contribution in [-0.4, -0.2) is 15.0 Å². The second-order valence-electron chi connectivity index (χ2n) is 4.31. The van der Waals surface area contributed by atoms with E-state index in [4.69, 9.17) is 11.6 Å². The lowest BCUT2D eigenvalue weighted by Gasteiger charge is -2.23. The summed E-state index contributed by atoms with van der Waals surface area (Å²) in [6, 6.07) is 9.11. The molecule has 2 rings (SSSR count). The first kappa shape index (κ1) is 15.4. The molecule has 0 radical (unpaired) electrons. The monoisotopic (exact) mass is 329 g/mol. The normalized spacial score (nSPS) is 11.6. The first-order valence-electron chi connectivity index (χ1n) is 6.23. The van der Waals surface area contributed by atoms with Gasteiger partial charge in [-0.3, -0.25) is 4.31 Å². The van der Waals surface area contributed by atoms with E-state index >= 15 is 0 Å². The van der Waals surface area contributed by atoms with Crippen molar-refractivity contribution in [2.45, 2.75) is 24.6 Å². The quantitative estimate of drug-likeness (QED) is 0.777. The molecule has 0 bridgehead atoms. The van der Waals surface area contributed by atoms with Crippen molar-refractivity contribution in [2.75, 3.05) is 10.8 Å². The van der Waals surface area contributed by atoms with Gasteiger partial charge in [-0.2, -0.15) is 0 Å². The van der Waals surface area contributed by atoms with Crippen LogP contribution < -0.4 is 4.31 Å². The molecular formula is C14H16ClNO2S2. The number of hydrogen-bond acceptors (Lipinski definition) is 3. The molecule has 0 saturated carbocycles. The minimum absolute atomic E-state index is 0.208. The Kier molecular flexibility index (Phi) is 4.73. The number of halogens is 1. The summed E-state index contributed by atoms with van der Waals surface area (Å²) in [4.78, 5) is 1.04. The van der Waals surface area contributed by atoms with Crippen molar-refractivity contribution in [3.8, 4) is 0 Å².